The Morgan fingerprint density at radius 1 is 0.917 bits per heavy atom. The summed E-state index contributed by atoms with van der Waals surface area (Å²) < 4.78 is 40.9. The second-order valence-electron chi connectivity index (χ2n) is 7.80. The van der Waals surface area contributed by atoms with Gasteiger partial charge in [0.15, 0.2) is 22.6 Å². The van der Waals surface area contributed by atoms with Crippen LogP contribution in [0.25, 0.3) is 21.7 Å². The van der Waals surface area contributed by atoms with E-state index >= 15 is 0 Å². The molecule has 0 radical (unpaired) electrons. The van der Waals surface area contributed by atoms with E-state index in [0.29, 0.717) is 43.4 Å². The molecule has 190 valence electrons. The normalized spacial score (nSPS) is 13.5. The van der Waals surface area contributed by atoms with E-state index in [1.54, 1.807) is 63.6 Å². The number of ether oxygens (including phenoxy) is 2. The standard InChI is InChI=1S/C25H29N3O6PS/c1-6-33-35(29,34-7-2)23-12-8-11-18-17(23)10-9-13-24(18)36(5,30)28-25-19-14-21(31-3)22(32-4)15-20(19)26-16-27-25/h8-16,29H,6-7H2,1-5H3/q+1. The molecule has 4 aromatic rings. The van der Waals surface area contributed by atoms with Crippen molar-refractivity contribution >= 4 is 50.5 Å². The predicted molar refractivity (Wildman–Crippen MR) is 143 cm³/mol. The van der Waals surface area contributed by atoms with Gasteiger partial charge in [-0.05, 0) is 32.0 Å². The second kappa shape index (κ2) is 10.6. The third-order valence-corrected chi connectivity index (χ3v) is 9.47. The highest BCUT2D eigenvalue weighted by Gasteiger charge is 2.45. The molecule has 0 saturated carbocycles. The first kappa shape index (κ1) is 26.2. The Balaban J connectivity index is 1.93. The van der Waals surface area contributed by atoms with Crippen LogP contribution in [0.2, 0.25) is 0 Å². The van der Waals surface area contributed by atoms with E-state index in [9.17, 15) is 9.10 Å². The molecule has 0 amide bonds. The summed E-state index contributed by atoms with van der Waals surface area (Å²) in [5.41, 5.74) is 0.583. The van der Waals surface area contributed by atoms with Crippen molar-refractivity contribution in [3.63, 3.8) is 0 Å². The first-order valence-electron chi connectivity index (χ1n) is 11.3. The van der Waals surface area contributed by atoms with Crippen LogP contribution in [-0.2, 0) is 18.8 Å². The first-order chi connectivity index (χ1) is 17.3. The lowest BCUT2D eigenvalue weighted by Gasteiger charge is -2.18. The molecule has 36 heavy (non-hydrogen) atoms. The van der Waals surface area contributed by atoms with Gasteiger partial charge in [-0.15, -0.1) is 0 Å². The number of benzene rings is 3. The molecule has 0 bridgehead atoms. The van der Waals surface area contributed by atoms with E-state index in [1.165, 1.54) is 13.4 Å². The van der Waals surface area contributed by atoms with Gasteiger partial charge in [-0.25, -0.2) is 14.2 Å². The summed E-state index contributed by atoms with van der Waals surface area (Å²) >= 11 is 0. The third kappa shape index (κ3) is 4.87. The van der Waals surface area contributed by atoms with Gasteiger partial charge in [-0.3, -0.25) is 0 Å². The summed E-state index contributed by atoms with van der Waals surface area (Å²) in [4.78, 5) is 20.4. The van der Waals surface area contributed by atoms with Gasteiger partial charge < -0.3 is 9.47 Å². The maximum Gasteiger partial charge on any atom is 0.446 e. The Labute approximate surface area is 211 Å². The Kier molecular flexibility index (Phi) is 7.73. The molecule has 4 rings (SSSR count). The monoisotopic (exact) mass is 530 g/mol. The van der Waals surface area contributed by atoms with Gasteiger partial charge in [0.1, 0.15) is 6.33 Å². The average Bonchev–Trinajstić information content (AvgIpc) is 2.87. The summed E-state index contributed by atoms with van der Waals surface area (Å²) in [5, 5.41) is 2.49. The lowest BCUT2D eigenvalue weighted by molar-refractivity contribution is 0.201. The van der Waals surface area contributed by atoms with E-state index < -0.39 is 17.7 Å². The number of hydrogen-bond donors (Lipinski definition) is 1. The Bertz CT molecular complexity index is 1530. The van der Waals surface area contributed by atoms with Crippen molar-refractivity contribution < 1.29 is 27.6 Å². The number of aromatic nitrogens is 2. The quantitative estimate of drug-likeness (QED) is 0.300. The Hall–Kier alpha value is -2.88. The highest BCUT2D eigenvalue weighted by atomic mass is 32.2. The molecule has 0 aliphatic rings. The van der Waals surface area contributed by atoms with Crippen LogP contribution in [0.3, 0.4) is 0 Å². The van der Waals surface area contributed by atoms with Crippen LogP contribution < -0.4 is 14.8 Å². The first-order valence-corrected chi connectivity index (χ1v) is 14.8. The van der Waals surface area contributed by atoms with E-state index in [4.69, 9.17) is 18.5 Å². The molecule has 1 aromatic heterocycles. The smallest absolute Gasteiger partial charge is 0.446 e. The van der Waals surface area contributed by atoms with Crippen molar-refractivity contribution in [2.45, 2.75) is 18.7 Å². The van der Waals surface area contributed by atoms with Gasteiger partial charge in [0.25, 0.3) is 0 Å². The molecule has 1 heterocycles. The number of methoxy groups -OCH3 is 2. The lowest BCUT2D eigenvalue weighted by Crippen LogP contribution is -2.18. The molecular weight excluding hydrogens is 501 g/mol. The summed E-state index contributed by atoms with van der Waals surface area (Å²) in [6.07, 6.45) is 2.94. The molecular formula is C25H29N3O6PS+. The van der Waals surface area contributed by atoms with Gasteiger partial charge in [-0.1, -0.05) is 24.3 Å². The summed E-state index contributed by atoms with van der Waals surface area (Å²) in [6.45, 7) is 4.17. The molecule has 0 spiro atoms. The summed E-state index contributed by atoms with van der Waals surface area (Å²) in [5.74, 6) is 1.28. The van der Waals surface area contributed by atoms with Crippen LogP contribution in [-0.4, -0.2) is 52.8 Å². The number of nitrogens with zero attached hydrogens (tertiary/aromatic N) is 3. The Morgan fingerprint density at radius 2 is 1.56 bits per heavy atom. The second-order valence-corrected chi connectivity index (χ2v) is 12.1. The number of fused-ring (bicyclic) bond motifs is 2. The third-order valence-electron chi connectivity index (χ3n) is 5.56. The molecule has 1 N–H and O–H groups in total. The molecule has 3 aromatic carbocycles. The van der Waals surface area contributed by atoms with Crippen LogP contribution in [0, 0.1) is 0 Å². The van der Waals surface area contributed by atoms with Crippen LogP contribution >= 0.6 is 7.94 Å². The van der Waals surface area contributed by atoms with Crippen molar-refractivity contribution in [2.75, 3.05) is 33.7 Å². The van der Waals surface area contributed by atoms with Crippen molar-refractivity contribution in [3.8, 4) is 11.5 Å². The van der Waals surface area contributed by atoms with Crippen molar-refractivity contribution in [1.82, 2.24) is 9.97 Å². The molecule has 1 unspecified atom stereocenters. The largest absolute Gasteiger partial charge is 0.493 e. The zero-order valence-corrected chi connectivity index (χ0v) is 22.5. The molecule has 0 aliphatic carbocycles. The molecule has 11 heteroatoms. The van der Waals surface area contributed by atoms with Crippen molar-refractivity contribution in [3.05, 3.63) is 54.9 Å². The molecule has 1 atom stereocenters. The van der Waals surface area contributed by atoms with Crippen molar-refractivity contribution in [1.29, 1.82) is 0 Å². The maximum atomic E-state index is 14.1. The van der Waals surface area contributed by atoms with E-state index in [-0.39, 0.29) is 19.0 Å². The highest BCUT2D eigenvalue weighted by molar-refractivity contribution is 7.93. The van der Waals surface area contributed by atoms with Crippen molar-refractivity contribution in [2.24, 2.45) is 4.36 Å². The fourth-order valence-corrected chi connectivity index (χ4v) is 7.34. The number of hydrogen-bond acceptors (Lipinski definition) is 9. The van der Waals surface area contributed by atoms with Crippen LogP contribution in [0.4, 0.5) is 5.82 Å². The fraction of sp³-hybridized carbons (Fsp3) is 0.280. The van der Waals surface area contributed by atoms with Gasteiger partial charge in [0.2, 0.25) is 0 Å². The maximum absolute atomic E-state index is 14.1. The van der Waals surface area contributed by atoms with Gasteiger partial charge in [-0.2, -0.15) is 18.3 Å². The summed E-state index contributed by atoms with van der Waals surface area (Å²) in [7, 11) is -3.23. The summed E-state index contributed by atoms with van der Waals surface area (Å²) in [6, 6.07) is 14.3. The minimum absolute atomic E-state index is 0.272. The van der Waals surface area contributed by atoms with Gasteiger partial charge in [0.05, 0.1) is 47.6 Å². The topological polar surface area (TPSA) is 112 Å². The molecule has 0 saturated heterocycles. The zero-order valence-electron chi connectivity index (χ0n) is 20.8. The number of rotatable bonds is 9. The minimum atomic E-state index is -3.33. The van der Waals surface area contributed by atoms with Crippen LogP contribution in [0.1, 0.15) is 13.8 Å². The van der Waals surface area contributed by atoms with Crippen LogP contribution in [0.5, 0.6) is 11.5 Å². The lowest BCUT2D eigenvalue weighted by atomic mass is 10.1. The van der Waals surface area contributed by atoms with Gasteiger partial charge >= 0.3 is 7.94 Å². The van der Waals surface area contributed by atoms with Crippen LogP contribution in [0.15, 0.2) is 64.1 Å². The molecule has 0 aliphatic heterocycles. The Morgan fingerprint density at radius 3 is 2.22 bits per heavy atom. The fourth-order valence-electron chi connectivity index (χ4n) is 4.02. The van der Waals surface area contributed by atoms with E-state index in [2.05, 4.69) is 14.3 Å². The minimum Gasteiger partial charge on any atom is -0.493 e. The average molecular weight is 531 g/mol. The van der Waals surface area contributed by atoms with Gasteiger partial charge in [0, 0.05) is 28.5 Å². The van der Waals surface area contributed by atoms with E-state index in [1.807, 2.05) is 12.1 Å². The zero-order chi connectivity index (χ0) is 25.9. The SMILES string of the molecule is CCO[P+](O)(OCC)c1cccc2c(S(C)(=O)=Nc3ncnc4cc(OC)c(OC)cc34)cccc12. The highest BCUT2D eigenvalue weighted by Crippen LogP contribution is 2.56. The van der Waals surface area contributed by atoms with E-state index in [0.717, 1.165) is 0 Å². The molecule has 9 nitrogen and oxygen atoms in total. The molecule has 0 fully saturated rings. The predicted octanol–water partition coefficient (Wildman–Crippen LogP) is 5.04.